The Hall–Kier alpha value is -1.10. The highest BCUT2D eigenvalue weighted by atomic mass is 16.6. The molecular weight excluding hydrogens is 246 g/mol. The average molecular weight is 271 g/mol. The third-order valence-electron chi connectivity index (χ3n) is 3.47. The van der Waals surface area contributed by atoms with Gasteiger partial charge in [-0.1, -0.05) is 26.2 Å². The minimum Gasteiger partial charge on any atom is -0.467 e. The Morgan fingerprint density at radius 3 is 2.58 bits per heavy atom. The largest absolute Gasteiger partial charge is 0.467 e. The van der Waals surface area contributed by atoms with Crippen LogP contribution in [0.15, 0.2) is 0 Å². The summed E-state index contributed by atoms with van der Waals surface area (Å²) in [5.41, 5.74) is -0.735. The van der Waals surface area contributed by atoms with Gasteiger partial charge < -0.3 is 9.47 Å². The van der Waals surface area contributed by atoms with E-state index in [2.05, 4.69) is 6.92 Å². The topological polar surface area (TPSA) is 55.8 Å². The monoisotopic (exact) mass is 271 g/mol. The number of nitrogens with zero attached hydrogens (tertiary/aromatic N) is 1. The summed E-state index contributed by atoms with van der Waals surface area (Å²) >= 11 is 0. The van der Waals surface area contributed by atoms with Crippen LogP contribution < -0.4 is 0 Å². The maximum absolute atomic E-state index is 12.3. The Morgan fingerprint density at radius 2 is 2.00 bits per heavy atom. The minimum absolute atomic E-state index is 0.0333. The van der Waals surface area contributed by atoms with Gasteiger partial charge in [-0.05, 0) is 20.3 Å². The van der Waals surface area contributed by atoms with E-state index < -0.39 is 17.7 Å². The highest BCUT2D eigenvalue weighted by molar-refractivity contribution is 5.85. The van der Waals surface area contributed by atoms with Crippen molar-refractivity contribution in [3.05, 3.63) is 0 Å². The van der Waals surface area contributed by atoms with Gasteiger partial charge in [-0.25, -0.2) is 4.79 Å². The number of ether oxygens (including phenoxy) is 2. The minimum atomic E-state index is -0.735. The molecule has 0 N–H and O–H groups in total. The molecule has 1 aliphatic heterocycles. The average Bonchev–Trinajstić information content (AvgIpc) is 2.69. The number of rotatable bonds is 6. The van der Waals surface area contributed by atoms with E-state index in [4.69, 9.17) is 9.47 Å². The van der Waals surface area contributed by atoms with Crippen molar-refractivity contribution in [3.63, 3.8) is 0 Å². The van der Waals surface area contributed by atoms with Crippen LogP contribution in [0.2, 0.25) is 0 Å². The summed E-state index contributed by atoms with van der Waals surface area (Å²) in [7, 11) is 1.33. The summed E-state index contributed by atoms with van der Waals surface area (Å²) in [5, 5.41) is 0. The van der Waals surface area contributed by atoms with Crippen molar-refractivity contribution in [3.8, 4) is 0 Å². The van der Waals surface area contributed by atoms with Crippen LogP contribution in [0, 0.1) is 0 Å². The third-order valence-corrected chi connectivity index (χ3v) is 3.47. The van der Waals surface area contributed by atoms with Gasteiger partial charge in [0.25, 0.3) is 0 Å². The van der Waals surface area contributed by atoms with Gasteiger partial charge in [0, 0.05) is 6.42 Å². The third kappa shape index (κ3) is 3.93. The van der Waals surface area contributed by atoms with Crippen LogP contribution in [0.3, 0.4) is 0 Å². The molecule has 1 aliphatic rings. The van der Waals surface area contributed by atoms with Crippen molar-refractivity contribution < 1.29 is 19.1 Å². The van der Waals surface area contributed by atoms with Gasteiger partial charge in [-0.15, -0.1) is 0 Å². The molecule has 19 heavy (non-hydrogen) atoms. The highest BCUT2D eigenvalue weighted by Gasteiger charge is 2.47. The molecule has 0 bridgehead atoms. The number of hydrogen-bond donors (Lipinski definition) is 0. The lowest BCUT2D eigenvalue weighted by Crippen LogP contribution is -2.50. The summed E-state index contributed by atoms with van der Waals surface area (Å²) in [5.74, 6) is -0.443. The van der Waals surface area contributed by atoms with Crippen molar-refractivity contribution in [2.45, 2.75) is 64.6 Å². The van der Waals surface area contributed by atoms with Crippen LogP contribution in [0.4, 0.5) is 0 Å². The summed E-state index contributed by atoms with van der Waals surface area (Å²) in [6.07, 6.45) is 4.62. The lowest BCUT2D eigenvalue weighted by atomic mass is 10.1. The molecule has 110 valence electrons. The van der Waals surface area contributed by atoms with E-state index in [9.17, 15) is 9.59 Å². The van der Waals surface area contributed by atoms with Crippen LogP contribution in [0.5, 0.6) is 0 Å². The second-order valence-corrected chi connectivity index (χ2v) is 5.37. The van der Waals surface area contributed by atoms with E-state index in [1.54, 1.807) is 13.8 Å². The first-order valence-electron chi connectivity index (χ1n) is 6.98. The molecule has 0 spiro atoms. The van der Waals surface area contributed by atoms with Gasteiger partial charge in [-0.3, -0.25) is 9.69 Å². The molecular formula is C14H25NO4. The Labute approximate surface area is 115 Å². The normalized spacial score (nSPS) is 21.5. The van der Waals surface area contributed by atoms with Gasteiger partial charge in [0.2, 0.25) is 5.91 Å². The van der Waals surface area contributed by atoms with Crippen LogP contribution in [0.1, 0.15) is 52.9 Å². The number of carbonyl (C=O) groups is 2. The molecule has 1 atom stereocenters. The Morgan fingerprint density at radius 1 is 1.32 bits per heavy atom. The second-order valence-electron chi connectivity index (χ2n) is 5.37. The first-order valence-corrected chi connectivity index (χ1v) is 6.98. The molecule has 1 rings (SSSR count). The van der Waals surface area contributed by atoms with Gasteiger partial charge >= 0.3 is 5.97 Å². The molecule has 1 fully saturated rings. The number of amides is 1. The van der Waals surface area contributed by atoms with Gasteiger partial charge in [-0.2, -0.15) is 0 Å². The fourth-order valence-electron chi connectivity index (χ4n) is 2.41. The van der Waals surface area contributed by atoms with Crippen molar-refractivity contribution in [2.75, 3.05) is 13.7 Å². The first kappa shape index (κ1) is 16.0. The van der Waals surface area contributed by atoms with Gasteiger partial charge in [0.05, 0.1) is 13.7 Å². The van der Waals surface area contributed by atoms with E-state index in [0.29, 0.717) is 6.42 Å². The van der Waals surface area contributed by atoms with Crippen molar-refractivity contribution >= 4 is 11.9 Å². The van der Waals surface area contributed by atoms with E-state index in [1.165, 1.54) is 12.0 Å². The summed E-state index contributed by atoms with van der Waals surface area (Å²) in [6.45, 7) is 5.95. The van der Waals surface area contributed by atoms with Crippen LogP contribution in [-0.4, -0.2) is 42.3 Å². The van der Waals surface area contributed by atoms with Crippen molar-refractivity contribution in [1.29, 1.82) is 0 Å². The maximum atomic E-state index is 12.3. The number of unbranched alkanes of at least 4 members (excludes halogenated alkanes) is 3. The Bertz CT molecular complexity index is 327. The number of carbonyl (C=O) groups excluding carboxylic acids is 2. The maximum Gasteiger partial charge on any atom is 0.331 e. The lowest BCUT2D eigenvalue weighted by Gasteiger charge is -2.32. The highest BCUT2D eigenvalue weighted by Crippen LogP contribution is 2.29. The molecule has 0 saturated carbocycles. The molecule has 1 saturated heterocycles. The molecule has 1 amide bonds. The predicted octanol–water partition coefficient (Wildman–Crippen LogP) is 2.09. The molecule has 5 nitrogen and oxygen atoms in total. The fourth-order valence-corrected chi connectivity index (χ4v) is 2.41. The van der Waals surface area contributed by atoms with Crippen LogP contribution >= 0.6 is 0 Å². The van der Waals surface area contributed by atoms with Crippen molar-refractivity contribution in [1.82, 2.24) is 4.90 Å². The second kappa shape index (κ2) is 6.89. The van der Waals surface area contributed by atoms with Crippen LogP contribution in [0.25, 0.3) is 0 Å². The van der Waals surface area contributed by atoms with Crippen molar-refractivity contribution in [2.24, 2.45) is 0 Å². The molecule has 0 aromatic rings. The molecule has 5 heteroatoms. The van der Waals surface area contributed by atoms with E-state index in [-0.39, 0.29) is 12.5 Å². The molecule has 1 heterocycles. The van der Waals surface area contributed by atoms with Gasteiger partial charge in [0.1, 0.15) is 5.72 Å². The van der Waals surface area contributed by atoms with E-state index >= 15 is 0 Å². The zero-order valence-electron chi connectivity index (χ0n) is 12.4. The molecule has 0 unspecified atom stereocenters. The quantitative estimate of drug-likeness (QED) is 0.548. The SMILES string of the molecule is CCCCCCC(=O)N1[C@H](C(=O)OC)COC1(C)C. The molecule has 0 radical (unpaired) electrons. The molecule has 0 aliphatic carbocycles. The number of methoxy groups -OCH3 is 1. The van der Waals surface area contributed by atoms with E-state index in [1.807, 2.05) is 0 Å². The predicted molar refractivity (Wildman–Crippen MR) is 71.4 cm³/mol. The van der Waals surface area contributed by atoms with E-state index in [0.717, 1.165) is 25.7 Å². The zero-order chi connectivity index (χ0) is 14.5. The summed E-state index contributed by atoms with van der Waals surface area (Å²) in [6, 6.07) is -0.612. The van der Waals surface area contributed by atoms with Gasteiger partial charge in [0.15, 0.2) is 6.04 Å². The molecule has 0 aromatic carbocycles. The zero-order valence-corrected chi connectivity index (χ0v) is 12.4. The van der Waals surface area contributed by atoms with Crippen LogP contribution in [-0.2, 0) is 19.1 Å². The smallest absolute Gasteiger partial charge is 0.331 e. The summed E-state index contributed by atoms with van der Waals surface area (Å²) < 4.78 is 10.3. The number of esters is 1. The summed E-state index contributed by atoms with van der Waals surface area (Å²) in [4.78, 5) is 25.5. The fraction of sp³-hybridized carbons (Fsp3) is 0.857. The Balaban J connectivity index is 2.63. The standard InChI is InChI=1S/C14H25NO4/c1-5-6-7-8-9-12(16)15-11(13(17)18-4)10-19-14(15,2)3/h11H,5-10H2,1-4H3/t11-/m0/s1. The lowest BCUT2D eigenvalue weighted by molar-refractivity contribution is -0.157. The number of hydrogen-bond acceptors (Lipinski definition) is 4. The molecule has 0 aromatic heterocycles. The Kier molecular flexibility index (Phi) is 5.79. The first-order chi connectivity index (χ1) is 8.94.